The van der Waals surface area contributed by atoms with Gasteiger partial charge in [-0.15, -0.1) is 0 Å². The molecule has 29 heavy (non-hydrogen) atoms. The molecule has 9 heteroatoms. The van der Waals surface area contributed by atoms with E-state index in [2.05, 4.69) is 20.6 Å². The van der Waals surface area contributed by atoms with Crippen molar-refractivity contribution in [1.29, 1.82) is 0 Å². The molecule has 152 valence electrons. The van der Waals surface area contributed by atoms with Crippen LogP contribution in [0.3, 0.4) is 0 Å². The van der Waals surface area contributed by atoms with Crippen molar-refractivity contribution >= 4 is 34.2 Å². The second-order valence-electron chi connectivity index (χ2n) is 6.70. The zero-order valence-electron chi connectivity index (χ0n) is 16.4. The molecule has 0 spiro atoms. The maximum Gasteiger partial charge on any atom is 0.323 e. The number of amides is 2. The monoisotopic (exact) mass is 397 g/mol. The van der Waals surface area contributed by atoms with E-state index in [9.17, 15) is 14.4 Å². The molecule has 3 rings (SSSR count). The van der Waals surface area contributed by atoms with Crippen LogP contribution in [0.2, 0.25) is 0 Å². The number of carbonyl (C=O) groups excluding carboxylic acids is 2. The lowest BCUT2D eigenvalue weighted by Crippen LogP contribution is -2.43. The normalized spacial score (nSPS) is 12.0. The van der Waals surface area contributed by atoms with Crippen LogP contribution in [0.1, 0.15) is 6.92 Å². The van der Waals surface area contributed by atoms with Crippen LogP contribution >= 0.6 is 0 Å². The van der Waals surface area contributed by atoms with E-state index in [4.69, 9.17) is 4.74 Å². The highest BCUT2D eigenvalue weighted by Crippen LogP contribution is 2.16. The average Bonchev–Trinajstić information content (AvgIpc) is 3.07. The topological polar surface area (TPSA) is 119 Å². The Bertz CT molecular complexity index is 1070. The summed E-state index contributed by atoms with van der Waals surface area (Å²) < 4.78 is 5.09. The molecule has 2 amide bonds. The lowest BCUT2D eigenvalue weighted by atomic mass is 10.2. The minimum Gasteiger partial charge on any atom is -0.497 e. The van der Waals surface area contributed by atoms with Crippen LogP contribution in [0, 0.1) is 0 Å². The molecule has 0 aliphatic carbocycles. The summed E-state index contributed by atoms with van der Waals surface area (Å²) >= 11 is 0. The van der Waals surface area contributed by atoms with Crippen molar-refractivity contribution in [3.63, 3.8) is 0 Å². The summed E-state index contributed by atoms with van der Waals surface area (Å²) in [4.78, 5) is 43.1. The Morgan fingerprint density at radius 1 is 1.03 bits per heavy atom. The molecule has 0 fully saturated rings. The maximum atomic E-state index is 12.5. The van der Waals surface area contributed by atoms with E-state index in [0.29, 0.717) is 28.2 Å². The number of carbonyl (C=O) groups is 2. The Kier molecular flexibility index (Phi) is 5.99. The van der Waals surface area contributed by atoms with Gasteiger partial charge in [0.2, 0.25) is 11.8 Å². The standard InChI is InChI=1S/C20H23N5O4/c1-12(19(27)22-14-6-9-16-17(10-14)24-20(28)23-16)25(2)11-18(26)21-13-4-7-15(29-3)8-5-13/h4-10,12H,11H2,1-3H3,(H,21,26)(H,22,27)(H2,23,24,28). The fourth-order valence-corrected chi connectivity index (χ4v) is 2.80. The SMILES string of the molecule is COc1ccc(NC(=O)CN(C)C(C)C(=O)Nc2ccc3[nH]c(=O)[nH]c3c2)cc1. The molecule has 3 aromatic rings. The van der Waals surface area contributed by atoms with Gasteiger partial charge in [-0.1, -0.05) is 0 Å². The van der Waals surface area contributed by atoms with Gasteiger partial charge in [-0.25, -0.2) is 4.79 Å². The minimum absolute atomic E-state index is 0.0464. The molecule has 1 aromatic heterocycles. The number of aromatic amines is 2. The van der Waals surface area contributed by atoms with Crippen molar-refractivity contribution in [3.05, 3.63) is 52.9 Å². The quantitative estimate of drug-likeness (QED) is 0.484. The number of rotatable bonds is 7. The lowest BCUT2D eigenvalue weighted by molar-refractivity contribution is -0.122. The fourth-order valence-electron chi connectivity index (χ4n) is 2.80. The molecule has 0 saturated carbocycles. The summed E-state index contributed by atoms with van der Waals surface area (Å²) in [5.74, 6) is 0.206. The van der Waals surface area contributed by atoms with Crippen LogP contribution < -0.4 is 21.1 Å². The third-order valence-electron chi connectivity index (χ3n) is 4.59. The maximum absolute atomic E-state index is 12.5. The second-order valence-corrected chi connectivity index (χ2v) is 6.70. The van der Waals surface area contributed by atoms with Gasteiger partial charge in [-0.2, -0.15) is 0 Å². The Hall–Kier alpha value is -3.59. The predicted molar refractivity (Wildman–Crippen MR) is 111 cm³/mol. The number of anilines is 2. The number of H-pyrrole nitrogens is 2. The highest BCUT2D eigenvalue weighted by atomic mass is 16.5. The number of fused-ring (bicyclic) bond motifs is 1. The summed E-state index contributed by atoms with van der Waals surface area (Å²) in [5.41, 5.74) is 2.16. The molecular weight excluding hydrogens is 374 g/mol. The van der Waals surface area contributed by atoms with Crippen LogP contribution in [0.5, 0.6) is 5.75 Å². The molecule has 1 atom stereocenters. The van der Waals surface area contributed by atoms with E-state index in [-0.39, 0.29) is 24.0 Å². The number of benzene rings is 2. The molecule has 0 radical (unpaired) electrons. The van der Waals surface area contributed by atoms with E-state index in [0.717, 1.165) is 0 Å². The molecule has 0 aliphatic rings. The van der Waals surface area contributed by atoms with Gasteiger partial charge in [0.25, 0.3) is 0 Å². The molecule has 9 nitrogen and oxygen atoms in total. The summed E-state index contributed by atoms with van der Waals surface area (Å²) in [6.45, 7) is 1.76. The smallest absolute Gasteiger partial charge is 0.323 e. The number of aromatic nitrogens is 2. The number of likely N-dealkylation sites (N-methyl/N-ethyl adjacent to an activating group) is 1. The first-order chi connectivity index (χ1) is 13.9. The summed E-state index contributed by atoms with van der Waals surface area (Å²) in [7, 11) is 3.27. The highest BCUT2D eigenvalue weighted by molar-refractivity contribution is 5.97. The number of methoxy groups -OCH3 is 1. The number of hydrogen-bond donors (Lipinski definition) is 4. The van der Waals surface area contributed by atoms with Crippen molar-refractivity contribution in [2.24, 2.45) is 0 Å². The van der Waals surface area contributed by atoms with Crippen LogP contribution in [0.15, 0.2) is 47.3 Å². The molecule has 2 aromatic carbocycles. The van der Waals surface area contributed by atoms with Crippen LogP contribution in [-0.2, 0) is 9.59 Å². The largest absolute Gasteiger partial charge is 0.497 e. The van der Waals surface area contributed by atoms with Crippen molar-refractivity contribution in [1.82, 2.24) is 14.9 Å². The van der Waals surface area contributed by atoms with Crippen molar-refractivity contribution in [3.8, 4) is 5.75 Å². The summed E-state index contributed by atoms with van der Waals surface area (Å²) in [6, 6.07) is 11.5. The first-order valence-electron chi connectivity index (χ1n) is 9.03. The summed E-state index contributed by atoms with van der Waals surface area (Å²) in [5, 5.41) is 5.58. The molecule has 0 saturated heterocycles. The first-order valence-corrected chi connectivity index (χ1v) is 9.03. The highest BCUT2D eigenvalue weighted by Gasteiger charge is 2.20. The zero-order chi connectivity index (χ0) is 21.0. The van der Waals surface area contributed by atoms with Gasteiger partial charge in [0.1, 0.15) is 5.75 Å². The van der Waals surface area contributed by atoms with Crippen LogP contribution in [-0.4, -0.2) is 53.4 Å². The minimum atomic E-state index is -0.544. The third-order valence-corrected chi connectivity index (χ3v) is 4.59. The Morgan fingerprint density at radius 2 is 1.69 bits per heavy atom. The number of nitrogens with one attached hydrogen (secondary N) is 4. The molecular formula is C20H23N5O4. The summed E-state index contributed by atoms with van der Waals surface area (Å²) in [6.07, 6.45) is 0. The number of hydrogen-bond acceptors (Lipinski definition) is 5. The molecule has 0 aliphatic heterocycles. The van der Waals surface area contributed by atoms with Crippen LogP contribution in [0.25, 0.3) is 11.0 Å². The van der Waals surface area contributed by atoms with Gasteiger partial charge in [0, 0.05) is 11.4 Å². The lowest BCUT2D eigenvalue weighted by Gasteiger charge is -2.23. The van der Waals surface area contributed by atoms with Gasteiger partial charge in [0.15, 0.2) is 0 Å². The Balaban J connectivity index is 1.55. The number of imidazole rings is 1. The molecule has 4 N–H and O–H groups in total. The van der Waals surface area contributed by atoms with Gasteiger partial charge in [0.05, 0.1) is 30.7 Å². The van der Waals surface area contributed by atoms with E-state index in [1.165, 1.54) is 0 Å². The van der Waals surface area contributed by atoms with E-state index >= 15 is 0 Å². The third kappa shape index (κ3) is 5.02. The van der Waals surface area contributed by atoms with E-state index in [1.807, 2.05) is 0 Å². The molecule has 0 bridgehead atoms. The predicted octanol–water partition coefficient (Wildman–Crippen LogP) is 1.76. The second kappa shape index (κ2) is 8.61. The molecule has 1 heterocycles. The van der Waals surface area contributed by atoms with Crippen molar-refractivity contribution < 1.29 is 14.3 Å². The average molecular weight is 397 g/mol. The fraction of sp³-hybridized carbons (Fsp3) is 0.250. The van der Waals surface area contributed by atoms with Gasteiger partial charge >= 0.3 is 5.69 Å². The molecule has 1 unspecified atom stereocenters. The number of nitrogens with zero attached hydrogens (tertiary/aromatic N) is 1. The Labute approximate surface area is 167 Å². The first kappa shape index (κ1) is 20.2. The zero-order valence-corrected chi connectivity index (χ0v) is 16.4. The van der Waals surface area contributed by atoms with Gasteiger partial charge < -0.3 is 25.3 Å². The van der Waals surface area contributed by atoms with Gasteiger partial charge in [-0.05, 0) is 56.4 Å². The van der Waals surface area contributed by atoms with Gasteiger partial charge in [-0.3, -0.25) is 14.5 Å². The van der Waals surface area contributed by atoms with Crippen molar-refractivity contribution in [2.45, 2.75) is 13.0 Å². The number of ether oxygens (including phenoxy) is 1. The Morgan fingerprint density at radius 3 is 2.38 bits per heavy atom. The van der Waals surface area contributed by atoms with E-state index < -0.39 is 6.04 Å². The van der Waals surface area contributed by atoms with E-state index in [1.54, 1.807) is 68.4 Å². The van der Waals surface area contributed by atoms with Crippen molar-refractivity contribution in [2.75, 3.05) is 31.3 Å². The van der Waals surface area contributed by atoms with Crippen LogP contribution in [0.4, 0.5) is 11.4 Å².